The van der Waals surface area contributed by atoms with Crippen LogP contribution in [0.1, 0.15) is 39.0 Å². The van der Waals surface area contributed by atoms with Crippen molar-refractivity contribution in [3.8, 4) is 0 Å². The minimum absolute atomic E-state index is 1.10. The molecule has 2 heteroatoms. The lowest BCUT2D eigenvalue weighted by molar-refractivity contribution is 0.631. The summed E-state index contributed by atoms with van der Waals surface area (Å²) in [5.41, 5.74) is 0. The van der Waals surface area contributed by atoms with E-state index < -0.39 is 0 Å². The van der Waals surface area contributed by atoms with E-state index in [1.807, 2.05) is 0 Å². The molecule has 0 aliphatic carbocycles. The third-order valence-electron chi connectivity index (χ3n) is 1.37. The molecule has 0 heterocycles. The van der Waals surface area contributed by atoms with Crippen LogP contribution in [0.5, 0.6) is 0 Å². The summed E-state index contributed by atoms with van der Waals surface area (Å²) in [6, 6.07) is 0. The molecule has 0 radical (unpaired) electrons. The predicted octanol–water partition coefficient (Wildman–Crippen LogP) is 2.86. The van der Waals surface area contributed by atoms with Crippen LogP contribution in [0.4, 0.5) is 0 Å². The van der Waals surface area contributed by atoms with Crippen molar-refractivity contribution in [1.82, 2.24) is 4.34 Å². The number of nitrogens with one attached hydrogen (secondary N) is 1. The Morgan fingerprint density at radius 1 is 1.11 bits per heavy atom. The molecule has 0 aliphatic heterocycles. The molecule has 56 valence electrons. The fourth-order valence-electron chi connectivity index (χ4n) is 0.795. The van der Waals surface area contributed by atoms with E-state index in [1.54, 1.807) is 0 Å². The third kappa shape index (κ3) is 8.44. The lowest BCUT2D eigenvalue weighted by Gasteiger charge is -1.96. The summed E-state index contributed by atoms with van der Waals surface area (Å²) < 4.78 is 2.96. The first-order valence-corrected chi connectivity index (χ1v) is 4.54. The van der Waals surface area contributed by atoms with Gasteiger partial charge in [-0.25, -0.2) is 0 Å². The minimum atomic E-state index is 1.10. The zero-order chi connectivity index (χ0) is 6.95. The Kier molecular flexibility index (Phi) is 8.85. The molecule has 0 fully saturated rings. The van der Waals surface area contributed by atoms with Gasteiger partial charge in [0, 0.05) is 22.7 Å². The molecule has 0 bridgehead atoms. The van der Waals surface area contributed by atoms with Gasteiger partial charge in [-0.2, -0.15) is 0 Å². The second-order valence-electron chi connectivity index (χ2n) is 2.30. The summed E-state index contributed by atoms with van der Waals surface area (Å²) >= 11 is 3.17. The number of halogens is 1. The molecule has 1 N–H and O–H groups in total. The Balaban J connectivity index is 2.60. The summed E-state index contributed by atoms with van der Waals surface area (Å²) in [5, 5.41) is 0. The molecule has 0 spiro atoms. The molecular weight excluding hydrogens is 178 g/mol. The Bertz CT molecular complexity index is 42.2. The normalized spacial score (nSPS) is 10.0. The third-order valence-corrected chi connectivity index (χ3v) is 1.77. The van der Waals surface area contributed by atoms with Crippen LogP contribution in [0.15, 0.2) is 0 Å². The van der Waals surface area contributed by atoms with Crippen molar-refractivity contribution in [3.63, 3.8) is 0 Å². The maximum atomic E-state index is 3.17. The number of unbranched alkanes of at least 4 members (excludes halogenated alkanes) is 4. The van der Waals surface area contributed by atoms with Crippen LogP contribution in [0.2, 0.25) is 0 Å². The quantitative estimate of drug-likeness (QED) is 0.506. The van der Waals surface area contributed by atoms with E-state index in [9.17, 15) is 0 Å². The lowest BCUT2D eigenvalue weighted by Crippen LogP contribution is -1.98. The molecular formula is C7H16BrN. The van der Waals surface area contributed by atoms with Crippen molar-refractivity contribution in [3.05, 3.63) is 0 Å². The highest BCUT2D eigenvalue weighted by Crippen LogP contribution is 2.00. The zero-order valence-corrected chi connectivity index (χ0v) is 7.71. The van der Waals surface area contributed by atoms with Crippen molar-refractivity contribution < 1.29 is 0 Å². The van der Waals surface area contributed by atoms with E-state index >= 15 is 0 Å². The van der Waals surface area contributed by atoms with Gasteiger partial charge in [0.2, 0.25) is 0 Å². The van der Waals surface area contributed by atoms with E-state index in [1.165, 1.54) is 32.1 Å². The van der Waals surface area contributed by atoms with Gasteiger partial charge in [-0.15, -0.1) is 0 Å². The van der Waals surface area contributed by atoms with Crippen LogP contribution in [0.25, 0.3) is 0 Å². The molecule has 9 heavy (non-hydrogen) atoms. The Labute approximate surface area is 66.6 Å². The van der Waals surface area contributed by atoms with Crippen molar-refractivity contribution in [2.24, 2.45) is 0 Å². The van der Waals surface area contributed by atoms with Gasteiger partial charge in [-0.05, 0) is 6.42 Å². The Morgan fingerprint density at radius 2 is 1.78 bits per heavy atom. The molecule has 0 aromatic carbocycles. The summed E-state index contributed by atoms with van der Waals surface area (Å²) in [6.07, 6.45) is 6.78. The standard InChI is InChI=1S/C7H16BrN/c1-2-3-4-5-6-7-9-8/h9H,2-7H2,1H3. The fourth-order valence-corrected chi connectivity index (χ4v) is 1.08. The highest BCUT2D eigenvalue weighted by molar-refractivity contribution is 9.08. The number of hydrogen-bond donors (Lipinski definition) is 1. The second kappa shape index (κ2) is 8.44. The smallest absolute Gasteiger partial charge is 0.00875 e. The largest absolute Gasteiger partial charge is 0.256 e. The fraction of sp³-hybridized carbons (Fsp3) is 1.00. The van der Waals surface area contributed by atoms with Crippen molar-refractivity contribution in [1.29, 1.82) is 0 Å². The average molecular weight is 194 g/mol. The van der Waals surface area contributed by atoms with Crippen molar-refractivity contribution >= 4 is 16.1 Å². The predicted molar refractivity (Wildman–Crippen MR) is 45.7 cm³/mol. The summed E-state index contributed by atoms with van der Waals surface area (Å²) in [4.78, 5) is 0. The van der Waals surface area contributed by atoms with Crippen LogP contribution in [-0.4, -0.2) is 6.54 Å². The van der Waals surface area contributed by atoms with Gasteiger partial charge in [0.25, 0.3) is 0 Å². The molecule has 0 saturated carbocycles. The second-order valence-corrected chi connectivity index (χ2v) is 2.86. The Hall–Kier alpha value is 0.440. The van der Waals surface area contributed by atoms with Crippen LogP contribution in [-0.2, 0) is 0 Å². The summed E-state index contributed by atoms with van der Waals surface area (Å²) in [5.74, 6) is 0. The van der Waals surface area contributed by atoms with Crippen LogP contribution in [0, 0.1) is 0 Å². The minimum Gasteiger partial charge on any atom is -0.256 e. The lowest BCUT2D eigenvalue weighted by atomic mass is 10.2. The molecule has 0 aromatic rings. The molecule has 0 rings (SSSR count). The van der Waals surface area contributed by atoms with E-state index in [-0.39, 0.29) is 0 Å². The van der Waals surface area contributed by atoms with Crippen LogP contribution < -0.4 is 4.34 Å². The molecule has 0 unspecified atom stereocenters. The van der Waals surface area contributed by atoms with Crippen LogP contribution in [0.3, 0.4) is 0 Å². The van der Waals surface area contributed by atoms with Crippen molar-refractivity contribution in [2.75, 3.05) is 6.54 Å². The molecule has 0 saturated heterocycles. The number of rotatable bonds is 6. The van der Waals surface area contributed by atoms with Gasteiger partial charge in [-0.1, -0.05) is 32.6 Å². The van der Waals surface area contributed by atoms with Gasteiger partial charge in [0.05, 0.1) is 0 Å². The molecule has 0 amide bonds. The van der Waals surface area contributed by atoms with Gasteiger partial charge in [0.1, 0.15) is 0 Å². The molecule has 0 atom stereocenters. The molecule has 0 aromatic heterocycles. The summed E-state index contributed by atoms with van der Waals surface area (Å²) in [6.45, 7) is 3.34. The Morgan fingerprint density at radius 3 is 2.33 bits per heavy atom. The maximum absolute atomic E-state index is 3.17. The molecule has 0 aliphatic rings. The highest BCUT2D eigenvalue weighted by Gasteiger charge is 1.85. The number of hydrogen-bond acceptors (Lipinski definition) is 1. The zero-order valence-electron chi connectivity index (χ0n) is 6.12. The first-order chi connectivity index (χ1) is 4.41. The highest BCUT2D eigenvalue weighted by atomic mass is 79.9. The average Bonchev–Trinajstić information content (AvgIpc) is 1.89. The first kappa shape index (κ1) is 9.44. The van der Waals surface area contributed by atoms with Gasteiger partial charge < -0.3 is 0 Å². The van der Waals surface area contributed by atoms with E-state index in [4.69, 9.17) is 0 Å². The summed E-state index contributed by atoms with van der Waals surface area (Å²) in [7, 11) is 0. The van der Waals surface area contributed by atoms with Gasteiger partial charge in [-0.3, -0.25) is 4.34 Å². The van der Waals surface area contributed by atoms with E-state index in [0.29, 0.717) is 0 Å². The maximum Gasteiger partial charge on any atom is 0.00875 e. The molecule has 1 nitrogen and oxygen atoms in total. The van der Waals surface area contributed by atoms with Gasteiger partial charge in [0.15, 0.2) is 0 Å². The first-order valence-electron chi connectivity index (χ1n) is 3.75. The van der Waals surface area contributed by atoms with E-state index in [2.05, 4.69) is 27.4 Å². The monoisotopic (exact) mass is 193 g/mol. The van der Waals surface area contributed by atoms with Gasteiger partial charge >= 0.3 is 0 Å². The van der Waals surface area contributed by atoms with E-state index in [0.717, 1.165) is 6.54 Å². The van der Waals surface area contributed by atoms with Crippen molar-refractivity contribution in [2.45, 2.75) is 39.0 Å². The van der Waals surface area contributed by atoms with Crippen LogP contribution >= 0.6 is 16.1 Å². The SMILES string of the molecule is CCCCCCCNBr. The topological polar surface area (TPSA) is 12.0 Å².